The molecule has 5 aromatic rings. The summed E-state index contributed by atoms with van der Waals surface area (Å²) in [5.74, 6) is -1.00. The van der Waals surface area contributed by atoms with Gasteiger partial charge in [-0.3, -0.25) is 4.79 Å². The summed E-state index contributed by atoms with van der Waals surface area (Å²) in [7, 11) is 0. The van der Waals surface area contributed by atoms with Crippen molar-refractivity contribution in [2.75, 3.05) is 10.5 Å². The second kappa shape index (κ2) is 10.2. The van der Waals surface area contributed by atoms with Crippen molar-refractivity contribution in [3.05, 3.63) is 107 Å². The van der Waals surface area contributed by atoms with E-state index in [1.165, 1.54) is 6.07 Å². The van der Waals surface area contributed by atoms with E-state index in [1.807, 2.05) is 62.4 Å². The summed E-state index contributed by atoms with van der Waals surface area (Å²) < 4.78 is 30.1. The van der Waals surface area contributed by atoms with Crippen LogP contribution in [0.25, 0.3) is 33.2 Å². The zero-order chi connectivity index (χ0) is 27.7. The minimum Gasteiger partial charge on any atom is -0.383 e. The highest BCUT2D eigenvalue weighted by Crippen LogP contribution is 2.33. The van der Waals surface area contributed by atoms with Crippen LogP contribution in [0.5, 0.6) is 0 Å². The molecule has 0 saturated heterocycles. The molecule has 5 rings (SSSR count). The number of nitrogens with one attached hydrogen (secondary N) is 2. The number of nitrogens with two attached hydrogens (primary N) is 1. The number of rotatable bonds is 6. The van der Waals surface area contributed by atoms with Gasteiger partial charge in [0.15, 0.2) is 0 Å². The van der Waals surface area contributed by atoms with Crippen molar-refractivity contribution in [2.45, 2.75) is 24.2 Å². The van der Waals surface area contributed by atoms with Crippen LogP contribution in [0.15, 0.2) is 88.7 Å². The molecule has 0 radical (unpaired) electrons. The maximum absolute atomic E-state index is 14.0. The highest BCUT2D eigenvalue weighted by molar-refractivity contribution is 8.00. The Morgan fingerprint density at radius 2 is 1.72 bits per heavy atom. The lowest BCUT2D eigenvalue weighted by Crippen LogP contribution is -2.13. The van der Waals surface area contributed by atoms with Crippen LogP contribution in [-0.4, -0.2) is 9.97 Å². The van der Waals surface area contributed by atoms with Gasteiger partial charge in [-0.15, -0.1) is 0 Å². The lowest BCUT2D eigenvalue weighted by Gasteiger charge is -2.16. The van der Waals surface area contributed by atoms with E-state index in [0.29, 0.717) is 11.3 Å². The number of fused-ring (bicyclic) bond motifs is 1. The van der Waals surface area contributed by atoms with E-state index in [0.717, 1.165) is 57.3 Å². The van der Waals surface area contributed by atoms with Crippen LogP contribution in [0.3, 0.4) is 0 Å². The quantitative estimate of drug-likeness (QED) is 0.200. The van der Waals surface area contributed by atoms with Crippen molar-refractivity contribution < 1.29 is 8.78 Å². The highest BCUT2D eigenvalue weighted by atomic mass is 32.2. The lowest BCUT2D eigenvalue weighted by atomic mass is 9.85. The maximum atomic E-state index is 14.0. The van der Waals surface area contributed by atoms with Crippen LogP contribution in [0, 0.1) is 23.0 Å². The smallest absolute Gasteiger partial charge is 0.272 e. The van der Waals surface area contributed by atoms with Gasteiger partial charge in [0.05, 0.1) is 21.9 Å². The number of nitriles is 1. The van der Waals surface area contributed by atoms with Crippen molar-refractivity contribution in [2.24, 2.45) is 0 Å². The second-order valence-corrected chi connectivity index (χ2v) is 10.4. The summed E-state index contributed by atoms with van der Waals surface area (Å²) in [5.41, 5.74) is 10.3. The molecule has 39 heavy (non-hydrogen) atoms. The van der Waals surface area contributed by atoms with Crippen LogP contribution in [0.1, 0.15) is 19.4 Å². The van der Waals surface area contributed by atoms with E-state index < -0.39 is 17.0 Å². The van der Waals surface area contributed by atoms with Crippen molar-refractivity contribution in [1.29, 1.82) is 5.26 Å². The SMILES string of the molecule is CC(C)(C#N)c1ccc(-c2cc3cc(-c4c[nH]c(=O)c(NSc5ccc(F)cc5F)c4)ccc3nc2N)cc1. The zero-order valence-corrected chi connectivity index (χ0v) is 21.9. The fourth-order valence-electron chi connectivity index (χ4n) is 4.13. The molecule has 0 saturated carbocycles. The largest absolute Gasteiger partial charge is 0.383 e. The van der Waals surface area contributed by atoms with E-state index in [2.05, 4.69) is 20.8 Å². The fourth-order valence-corrected chi connectivity index (χ4v) is 4.79. The molecule has 3 aromatic carbocycles. The Bertz CT molecular complexity index is 1810. The first-order valence-electron chi connectivity index (χ1n) is 12.0. The van der Waals surface area contributed by atoms with Gasteiger partial charge in [0, 0.05) is 28.8 Å². The summed E-state index contributed by atoms with van der Waals surface area (Å²) in [4.78, 5) is 19.8. The second-order valence-electron chi connectivity index (χ2n) is 9.55. The van der Waals surface area contributed by atoms with E-state index in [1.54, 1.807) is 12.3 Å². The van der Waals surface area contributed by atoms with Gasteiger partial charge in [-0.05, 0) is 78.9 Å². The number of anilines is 2. The van der Waals surface area contributed by atoms with E-state index in [9.17, 15) is 18.8 Å². The number of hydrogen-bond donors (Lipinski definition) is 3. The summed E-state index contributed by atoms with van der Waals surface area (Å²) in [6.45, 7) is 3.74. The van der Waals surface area contributed by atoms with Crippen LogP contribution in [0.4, 0.5) is 20.3 Å². The Labute approximate surface area is 227 Å². The number of aromatic amines is 1. The normalized spacial score (nSPS) is 11.4. The topological polar surface area (TPSA) is 108 Å². The first-order valence-corrected chi connectivity index (χ1v) is 12.8. The Balaban J connectivity index is 1.46. The molecule has 2 heterocycles. The predicted molar refractivity (Wildman–Crippen MR) is 152 cm³/mol. The number of pyridine rings is 2. The third-order valence-electron chi connectivity index (χ3n) is 6.44. The van der Waals surface area contributed by atoms with Gasteiger partial charge >= 0.3 is 0 Å². The molecule has 0 atom stereocenters. The molecule has 6 nitrogen and oxygen atoms in total. The summed E-state index contributed by atoms with van der Waals surface area (Å²) >= 11 is 0.881. The highest BCUT2D eigenvalue weighted by Gasteiger charge is 2.19. The molecule has 0 aliphatic rings. The van der Waals surface area contributed by atoms with Crippen LogP contribution < -0.4 is 16.0 Å². The number of halogens is 2. The Kier molecular flexibility index (Phi) is 6.81. The minimum atomic E-state index is -0.722. The lowest BCUT2D eigenvalue weighted by molar-refractivity contribution is 0.566. The van der Waals surface area contributed by atoms with Crippen molar-refractivity contribution >= 4 is 34.4 Å². The zero-order valence-electron chi connectivity index (χ0n) is 21.0. The number of aromatic nitrogens is 2. The molecule has 0 bridgehead atoms. The Morgan fingerprint density at radius 3 is 2.44 bits per heavy atom. The first kappa shape index (κ1) is 25.9. The third-order valence-corrected chi connectivity index (χ3v) is 7.32. The number of nitrogens with zero attached hydrogens (tertiary/aromatic N) is 2. The van der Waals surface area contributed by atoms with E-state index >= 15 is 0 Å². The molecule has 0 aliphatic heterocycles. The van der Waals surface area contributed by atoms with Crippen molar-refractivity contribution in [3.8, 4) is 28.3 Å². The third kappa shape index (κ3) is 5.33. The average molecular weight is 540 g/mol. The van der Waals surface area contributed by atoms with Gasteiger partial charge in [0.1, 0.15) is 23.1 Å². The number of hydrogen-bond acceptors (Lipinski definition) is 6. The van der Waals surface area contributed by atoms with Crippen LogP contribution in [-0.2, 0) is 5.41 Å². The number of benzene rings is 3. The van der Waals surface area contributed by atoms with Gasteiger partial charge in [-0.2, -0.15) is 5.26 Å². The molecule has 0 unspecified atom stereocenters. The molecule has 194 valence electrons. The monoisotopic (exact) mass is 539 g/mol. The Morgan fingerprint density at radius 1 is 0.974 bits per heavy atom. The van der Waals surface area contributed by atoms with Gasteiger partial charge in [-0.1, -0.05) is 30.3 Å². The summed E-state index contributed by atoms with van der Waals surface area (Å²) in [5, 5.41) is 10.3. The Hall–Kier alpha value is -4.68. The molecule has 0 spiro atoms. The van der Waals surface area contributed by atoms with Crippen LogP contribution in [0.2, 0.25) is 0 Å². The van der Waals surface area contributed by atoms with Crippen LogP contribution >= 0.6 is 11.9 Å². The first-order chi connectivity index (χ1) is 18.6. The molecule has 0 fully saturated rings. The summed E-state index contributed by atoms with van der Waals surface area (Å²) in [6, 6.07) is 22.5. The van der Waals surface area contributed by atoms with Gasteiger partial charge < -0.3 is 15.4 Å². The fraction of sp³-hybridized carbons (Fsp3) is 0.100. The standard InChI is InChI=1S/C30H23F2N5OS/c1-30(2,16-33)21-6-3-17(4-7-21)23-12-19-11-18(5-9-25(19)36-28(23)34)20-13-26(29(38)35-15-20)37-39-27-10-8-22(31)14-24(27)32/h3-15,37H,1-2H3,(H2,34,36)(H,35,38). The molecular formula is C30H23F2N5OS. The predicted octanol–water partition coefficient (Wildman–Crippen LogP) is 7.04. The van der Waals surface area contributed by atoms with Gasteiger partial charge in [-0.25, -0.2) is 13.8 Å². The number of H-pyrrole nitrogens is 1. The molecule has 2 aromatic heterocycles. The maximum Gasteiger partial charge on any atom is 0.272 e. The molecule has 4 N–H and O–H groups in total. The van der Waals surface area contributed by atoms with E-state index in [4.69, 9.17) is 5.73 Å². The molecular weight excluding hydrogens is 516 g/mol. The molecule has 9 heteroatoms. The minimum absolute atomic E-state index is 0.160. The van der Waals surface area contributed by atoms with Crippen molar-refractivity contribution in [1.82, 2.24) is 9.97 Å². The van der Waals surface area contributed by atoms with E-state index in [-0.39, 0.29) is 16.1 Å². The average Bonchev–Trinajstić information content (AvgIpc) is 2.93. The van der Waals surface area contributed by atoms with Gasteiger partial charge in [0.25, 0.3) is 5.56 Å². The molecule has 0 aliphatic carbocycles. The van der Waals surface area contributed by atoms with Gasteiger partial charge in [0.2, 0.25) is 0 Å². The molecule has 0 amide bonds. The van der Waals surface area contributed by atoms with Crippen molar-refractivity contribution in [3.63, 3.8) is 0 Å². The number of nitrogen functional groups attached to an aromatic ring is 1. The summed E-state index contributed by atoms with van der Waals surface area (Å²) in [6.07, 6.45) is 1.60.